The number of hydrogen-bond donors (Lipinski definition) is 1. The quantitative estimate of drug-likeness (QED) is 0.891. The van der Waals surface area contributed by atoms with E-state index in [1.165, 1.54) is 11.1 Å². The van der Waals surface area contributed by atoms with Crippen molar-refractivity contribution >= 4 is 21.7 Å². The number of nitrogens with zero attached hydrogens (tertiary/aromatic N) is 1. The van der Waals surface area contributed by atoms with Gasteiger partial charge in [-0.05, 0) is 39.0 Å². The average molecular weight is 305 g/mol. The molecule has 3 heteroatoms. The van der Waals surface area contributed by atoms with Crippen molar-refractivity contribution in [3.63, 3.8) is 0 Å². The average Bonchev–Trinajstić information content (AvgIpc) is 2.39. The fourth-order valence-corrected chi connectivity index (χ4v) is 2.24. The van der Waals surface area contributed by atoms with Crippen LogP contribution in [-0.2, 0) is 0 Å². The third-order valence-electron chi connectivity index (χ3n) is 2.98. The van der Waals surface area contributed by atoms with Crippen molar-refractivity contribution in [2.45, 2.75) is 19.8 Å². The van der Waals surface area contributed by atoms with E-state index in [1.54, 1.807) is 6.20 Å². The van der Waals surface area contributed by atoms with Crippen molar-refractivity contribution < 1.29 is 0 Å². The Kier molecular flexibility index (Phi) is 4.02. The maximum atomic E-state index is 4.37. The van der Waals surface area contributed by atoms with Gasteiger partial charge in [-0.25, -0.2) is 4.98 Å². The number of benzene rings is 1. The van der Waals surface area contributed by atoms with Crippen molar-refractivity contribution in [1.82, 2.24) is 4.98 Å². The molecular weight excluding hydrogens is 288 g/mol. The molecule has 94 valence electrons. The number of anilines is 1. The molecule has 0 spiro atoms. The summed E-state index contributed by atoms with van der Waals surface area (Å²) in [5.74, 6) is 1.46. The standard InChI is InChI=1S/C15H17BrN2/c1-10(2)11-4-6-12(7-5-11)14-8-13(16)9-18-15(14)17-3/h4-10H,1-3H3,(H,17,18). The van der Waals surface area contributed by atoms with Gasteiger partial charge in [-0.3, -0.25) is 0 Å². The lowest BCUT2D eigenvalue weighted by Crippen LogP contribution is -1.95. The summed E-state index contributed by atoms with van der Waals surface area (Å²) in [4.78, 5) is 4.37. The van der Waals surface area contributed by atoms with Crippen molar-refractivity contribution in [2.75, 3.05) is 12.4 Å². The number of hydrogen-bond acceptors (Lipinski definition) is 2. The zero-order valence-electron chi connectivity index (χ0n) is 10.9. The van der Waals surface area contributed by atoms with E-state index in [0.717, 1.165) is 15.9 Å². The van der Waals surface area contributed by atoms with E-state index < -0.39 is 0 Å². The van der Waals surface area contributed by atoms with Crippen LogP contribution in [0.5, 0.6) is 0 Å². The zero-order chi connectivity index (χ0) is 13.1. The Morgan fingerprint density at radius 1 is 1.17 bits per heavy atom. The van der Waals surface area contributed by atoms with Crippen molar-refractivity contribution in [3.05, 3.63) is 46.6 Å². The van der Waals surface area contributed by atoms with E-state index in [4.69, 9.17) is 0 Å². The van der Waals surface area contributed by atoms with Gasteiger partial charge in [-0.15, -0.1) is 0 Å². The SMILES string of the molecule is CNc1ncc(Br)cc1-c1ccc(C(C)C)cc1. The fraction of sp³-hybridized carbons (Fsp3) is 0.267. The molecule has 0 aliphatic rings. The van der Waals surface area contributed by atoms with Crippen LogP contribution in [0.25, 0.3) is 11.1 Å². The molecule has 18 heavy (non-hydrogen) atoms. The molecule has 0 aliphatic carbocycles. The summed E-state index contributed by atoms with van der Waals surface area (Å²) >= 11 is 3.47. The van der Waals surface area contributed by atoms with Gasteiger partial charge >= 0.3 is 0 Å². The first-order valence-electron chi connectivity index (χ1n) is 6.05. The van der Waals surface area contributed by atoms with Gasteiger partial charge < -0.3 is 5.32 Å². The number of rotatable bonds is 3. The zero-order valence-corrected chi connectivity index (χ0v) is 12.5. The highest BCUT2D eigenvalue weighted by Gasteiger charge is 2.07. The summed E-state index contributed by atoms with van der Waals surface area (Å²) in [6.07, 6.45) is 1.80. The Bertz CT molecular complexity index is 533. The first kappa shape index (κ1) is 13.1. The van der Waals surface area contributed by atoms with Gasteiger partial charge in [0, 0.05) is 23.3 Å². The predicted octanol–water partition coefficient (Wildman–Crippen LogP) is 4.68. The minimum absolute atomic E-state index is 0.559. The highest BCUT2D eigenvalue weighted by atomic mass is 79.9. The molecule has 0 aliphatic heterocycles. The second-order valence-corrected chi connectivity index (χ2v) is 5.49. The topological polar surface area (TPSA) is 24.9 Å². The third kappa shape index (κ3) is 2.72. The number of halogens is 1. The highest BCUT2D eigenvalue weighted by molar-refractivity contribution is 9.10. The van der Waals surface area contributed by atoms with Crippen LogP contribution in [0.15, 0.2) is 41.0 Å². The summed E-state index contributed by atoms with van der Waals surface area (Å²) in [7, 11) is 1.89. The minimum Gasteiger partial charge on any atom is -0.373 e. The maximum absolute atomic E-state index is 4.37. The lowest BCUT2D eigenvalue weighted by atomic mass is 9.99. The molecule has 1 aromatic heterocycles. The van der Waals surface area contributed by atoms with Crippen molar-refractivity contribution in [2.24, 2.45) is 0 Å². The van der Waals surface area contributed by atoms with Gasteiger partial charge in [0.15, 0.2) is 0 Å². The molecule has 0 atom stereocenters. The monoisotopic (exact) mass is 304 g/mol. The molecule has 0 saturated heterocycles. The summed E-state index contributed by atoms with van der Waals surface area (Å²) in [5, 5.41) is 3.13. The van der Waals surface area contributed by atoms with E-state index in [1.807, 2.05) is 7.05 Å². The van der Waals surface area contributed by atoms with Crippen LogP contribution < -0.4 is 5.32 Å². The molecule has 0 unspecified atom stereocenters. The van der Waals surface area contributed by atoms with Gasteiger partial charge in [0.2, 0.25) is 0 Å². The van der Waals surface area contributed by atoms with Gasteiger partial charge in [0.05, 0.1) is 0 Å². The Morgan fingerprint density at radius 3 is 2.39 bits per heavy atom. The van der Waals surface area contributed by atoms with Crippen LogP contribution in [0.1, 0.15) is 25.3 Å². The molecule has 0 saturated carbocycles. The second kappa shape index (κ2) is 5.53. The minimum atomic E-state index is 0.559. The Morgan fingerprint density at radius 2 is 1.83 bits per heavy atom. The first-order chi connectivity index (χ1) is 8.61. The van der Waals surface area contributed by atoms with Crippen LogP contribution in [0.3, 0.4) is 0 Å². The number of pyridine rings is 1. The van der Waals surface area contributed by atoms with Crippen molar-refractivity contribution in [1.29, 1.82) is 0 Å². The number of aromatic nitrogens is 1. The van der Waals surface area contributed by atoms with Crippen LogP contribution in [-0.4, -0.2) is 12.0 Å². The Labute approximate surface area is 117 Å². The van der Waals surface area contributed by atoms with Gasteiger partial charge in [-0.2, -0.15) is 0 Å². The normalized spacial score (nSPS) is 10.7. The molecule has 0 fully saturated rings. The Hall–Kier alpha value is -1.35. The molecule has 1 heterocycles. The van der Waals surface area contributed by atoms with E-state index in [9.17, 15) is 0 Å². The molecule has 1 N–H and O–H groups in total. The summed E-state index contributed by atoms with van der Waals surface area (Å²) in [5.41, 5.74) is 3.65. The van der Waals surface area contributed by atoms with E-state index in [0.29, 0.717) is 5.92 Å². The molecule has 0 bridgehead atoms. The smallest absolute Gasteiger partial charge is 0.133 e. The lowest BCUT2D eigenvalue weighted by Gasteiger charge is -2.10. The number of nitrogens with one attached hydrogen (secondary N) is 1. The van der Waals surface area contributed by atoms with Gasteiger partial charge in [0.25, 0.3) is 0 Å². The Balaban J connectivity index is 2.44. The molecular formula is C15H17BrN2. The largest absolute Gasteiger partial charge is 0.373 e. The summed E-state index contributed by atoms with van der Waals surface area (Å²) in [6, 6.07) is 10.8. The predicted molar refractivity (Wildman–Crippen MR) is 81.0 cm³/mol. The van der Waals surface area contributed by atoms with E-state index in [2.05, 4.69) is 70.4 Å². The van der Waals surface area contributed by atoms with Gasteiger partial charge in [-0.1, -0.05) is 38.1 Å². The molecule has 2 rings (SSSR count). The van der Waals surface area contributed by atoms with E-state index >= 15 is 0 Å². The molecule has 2 nitrogen and oxygen atoms in total. The molecule has 1 aromatic carbocycles. The highest BCUT2D eigenvalue weighted by Crippen LogP contribution is 2.29. The first-order valence-corrected chi connectivity index (χ1v) is 6.84. The van der Waals surface area contributed by atoms with Crippen LogP contribution in [0, 0.1) is 0 Å². The molecule has 0 radical (unpaired) electrons. The second-order valence-electron chi connectivity index (χ2n) is 4.58. The van der Waals surface area contributed by atoms with Gasteiger partial charge in [0.1, 0.15) is 5.82 Å². The molecule has 2 aromatic rings. The molecule has 0 amide bonds. The fourth-order valence-electron chi connectivity index (χ4n) is 1.91. The maximum Gasteiger partial charge on any atom is 0.133 e. The lowest BCUT2D eigenvalue weighted by molar-refractivity contribution is 0.867. The summed E-state index contributed by atoms with van der Waals surface area (Å²) < 4.78 is 0.990. The summed E-state index contributed by atoms with van der Waals surface area (Å²) in [6.45, 7) is 4.41. The third-order valence-corrected chi connectivity index (χ3v) is 3.41. The van der Waals surface area contributed by atoms with E-state index in [-0.39, 0.29) is 0 Å². The van der Waals surface area contributed by atoms with Crippen LogP contribution in [0.4, 0.5) is 5.82 Å². The van der Waals surface area contributed by atoms with Crippen LogP contribution >= 0.6 is 15.9 Å². The van der Waals surface area contributed by atoms with Crippen molar-refractivity contribution in [3.8, 4) is 11.1 Å². The van der Waals surface area contributed by atoms with Crippen LogP contribution in [0.2, 0.25) is 0 Å².